The second-order valence-corrected chi connectivity index (χ2v) is 4.33. The minimum atomic E-state index is 0.0164. The number of carbonyl (C=O) groups is 1. The van der Waals surface area contributed by atoms with E-state index in [4.69, 9.17) is 4.42 Å². The van der Waals surface area contributed by atoms with Gasteiger partial charge < -0.3 is 4.42 Å². The van der Waals surface area contributed by atoms with Crippen LogP contribution in [0, 0.1) is 6.92 Å². The van der Waals surface area contributed by atoms with Gasteiger partial charge in [0.25, 0.3) is 0 Å². The zero-order valence-electron chi connectivity index (χ0n) is 10.0. The molecule has 1 heterocycles. The van der Waals surface area contributed by atoms with E-state index in [1.54, 1.807) is 12.2 Å². The Labute approximate surface area is 105 Å². The van der Waals surface area contributed by atoms with Crippen LogP contribution < -0.4 is 10.4 Å². The van der Waals surface area contributed by atoms with Gasteiger partial charge in [-0.25, -0.2) is 0 Å². The Morgan fingerprint density at radius 1 is 1.00 bits per heavy atom. The van der Waals surface area contributed by atoms with E-state index in [9.17, 15) is 4.79 Å². The average Bonchev–Trinajstić information content (AvgIpc) is 2.76. The number of allylic oxidation sites excluding steroid dienone is 1. The highest BCUT2D eigenvalue weighted by Gasteiger charge is 2.09. The molecule has 0 atom stereocenters. The Bertz CT molecular complexity index is 760. The molecule has 2 heteroatoms. The van der Waals surface area contributed by atoms with Crippen LogP contribution in [-0.2, 0) is 4.79 Å². The van der Waals surface area contributed by atoms with E-state index in [-0.39, 0.29) is 5.78 Å². The molecule has 0 N–H and O–H groups in total. The first-order valence-corrected chi connectivity index (χ1v) is 5.83. The highest BCUT2D eigenvalue weighted by atomic mass is 16.3. The van der Waals surface area contributed by atoms with Crippen LogP contribution in [-0.4, -0.2) is 5.78 Å². The van der Waals surface area contributed by atoms with E-state index in [0.717, 1.165) is 16.2 Å². The number of carbonyl (C=O) groups excluding carboxylic acids is 1. The van der Waals surface area contributed by atoms with E-state index < -0.39 is 0 Å². The maximum atomic E-state index is 12.0. The third-order valence-corrected chi connectivity index (χ3v) is 2.94. The molecule has 0 fully saturated rings. The van der Waals surface area contributed by atoms with E-state index in [0.29, 0.717) is 11.3 Å². The summed E-state index contributed by atoms with van der Waals surface area (Å²) in [7, 11) is 0. The van der Waals surface area contributed by atoms with Crippen LogP contribution in [0.3, 0.4) is 0 Å². The maximum Gasteiger partial charge on any atom is 0.186 e. The first-order valence-electron chi connectivity index (χ1n) is 5.83. The van der Waals surface area contributed by atoms with Crippen molar-refractivity contribution in [3.63, 3.8) is 0 Å². The zero-order valence-corrected chi connectivity index (χ0v) is 10.0. The molecular weight excluding hydrogens is 224 g/mol. The second-order valence-electron chi connectivity index (χ2n) is 4.33. The number of ketones is 1. The van der Waals surface area contributed by atoms with Gasteiger partial charge in [0, 0.05) is 5.57 Å². The number of hydrogen-bond acceptors (Lipinski definition) is 2. The third-order valence-electron chi connectivity index (χ3n) is 2.94. The molecule has 0 aliphatic heterocycles. The highest BCUT2D eigenvalue weighted by Crippen LogP contribution is 2.13. The van der Waals surface area contributed by atoms with E-state index in [1.807, 2.05) is 49.4 Å². The molecule has 0 bridgehead atoms. The molecule has 18 heavy (non-hydrogen) atoms. The van der Waals surface area contributed by atoms with Crippen molar-refractivity contribution < 1.29 is 9.21 Å². The molecule has 2 aromatic rings. The summed E-state index contributed by atoms with van der Waals surface area (Å²) < 4.78 is 5.46. The molecule has 0 unspecified atom stereocenters. The van der Waals surface area contributed by atoms with E-state index >= 15 is 0 Å². The summed E-state index contributed by atoms with van der Waals surface area (Å²) in [6.45, 7) is 1.88. The van der Waals surface area contributed by atoms with Crippen LogP contribution in [0.4, 0.5) is 0 Å². The largest absolute Gasteiger partial charge is 0.462 e. The molecule has 0 radical (unpaired) electrons. The SMILES string of the molecule is Cc1ccc(C=C2C=c3ccccc3=CC2=O)o1. The fourth-order valence-corrected chi connectivity index (χ4v) is 2.03. The van der Waals surface area contributed by atoms with Crippen LogP contribution >= 0.6 is 0 Å². The van der Waals surface area contributed by atoms with Crippen molar-refractivity contribution in [2.24, 2.45) is 0 Å². The van der Waals surface area contributed by atoms with Crippen molar-refractivity contribution in [1.29, 1.82) is 0 Å². The Balaban J connectivity index is 2.13. The van der Waals surface area contributed by atoms with Crippen molar-refractivity contribution in [2.75, 3.05) is 0 Å². The van der Waals surface area contributed by atoms with Gasteiger partial charge in [0.1, 0.15) is 11.5 Å². The van der Waals surface area contributed by atoms with Gasteiger partial charge in [-0.3, -0.25) is 4.79 Å². The minimum absolute atomic E-state index is 0.0164. The smallest absolute Gasteiger partial charge is 0.186 e. The van der Waals surface area contributed by atoms with Crippen molar-refractivity contribution in [2.45, 2.75) is 6.92 Å². The lowest BCUT2D eigenvalue weighted by atomic mass is 10.0. The molecule has 1 aromatic carbocycles. The Hall–Kier alpha value is -2.35. The molecule has 88 valence electrons. The van der Waals surface area contributed by atoms with Crippen molar-refractivity contribution in [3.05, 3.63) is 63.9 Å². The van der Waals surface area contributed by atoms with Gasteiger partial charge in [-0.15, -0.1) is 0 Å². The first-order chi connectivity index (χ1) is 8.72. The van der Waals surface area contributed by atoms with Crippen molar-refractivity contribution >= 4 is 24.0 Å². The lowest BCUT2D eigenvalue weighted by molar-refractivity contribution is -0.109. The third kappa shape index (κ3) is 1.93. The summed E-state index contributed by atoms with van der Waals surface area (Å²) in [4.78, 5) is 12.0. The normalized spacial score (nSPS) is 16.1. The van der Waals surface area contributed by atoms with Crippen LogP contribution in [0.15, 0.2) is 46.4 Å². The summed E-state index contributed by atoms with van der Waals surface area (Å²) in [5.41, 5.74) is 0.656. The number of furan rings is 1. The highest BCUT2D eigenvalue weighted by molar-refractivity contribution is 6.24. The van der Waals surface area contributed by atoms with Gasteiger partial charge in [0.2, 0.25) is 0 Å². The first kappa shape index (κ1) is 10.8. The number of benzene rings is 1. The van der Waals surface area contributed by atoms with Crippen LogP contribution in [0.1, 0.15) is 11.5 Å². The molecule has 0 saturated carbocycles. The predicted molar refractivity (Wildman–Crippen MR) is 71.1 cm³/mol. The van der Waals surface area contributed by atoms with Gasteiger partial charge in [-0.1, -0.05) is 24.3 Å². The molecule has 1 aliphatic rings. The fraction of sp³-hybridized carbons (Fsp3) is 0.0625. The second kappa shape index (κ2) is 4.15. The lowest BCUT2D eigenvalue weighted by Crippen LogP contribution is -2.29. The minimum Gasteiger partial charge on any atom is -0.462 e. The van der Waals surface area contributed by atoms with Gasteiger partial charge in [-0.2, -0.15) is 0 Å². The Morgan fingerprint density at radius 3 is 2.39 bits per heavy atom. The van der Waals surface area contributed by atoms with E-state index in [2.05, 4.69) is 0 Å². The van der Waals surface area contributed by atoms with Crippen LogP contribution in [0.2, 0.25) is 0 Å². The van der Waals surface area contributed by atoms with Crippen LogP contribution in [0.5, 0.6) is 0 Å². The number of aryl methyl sites for hydroxylation is 1. The monoisotopic (exact) mass is 236 g/mol. The van der Waals surface area contributed by atoms with Crippen LogP contribution in [0.25, 0.3) is 18.2 Å². The lowest BCUT2D eigenvalue weighted by Gasteiger charge is -2.02. The topological polar surface area (TPSA) is 30.2 Å². The quantitative estimate of drug-likeness (QED) is 0.707. The summed E-state index contributed by atoms with van der Waals surface area (Å²) in [5, 5.41) is 2.03. The van der Waals surface area contributed by atoms with Gasteiger partial charge >= 0.3 is 0 Å². The molecule has 0 amide bonds. The Kier molecular flexibility index (Phi) is 2.49. The van der Waals surface area contributed by atoms with Gasteiger partial charge in [0.05, 0.1) is 0 Å². The summed E-state index contributed by atoms with van der Waals surface area (Å²) in [6.07, 6.45) is 5.34. The van der Waals surface area contributed by atoms with Gasteiger partial charge in [-0.05, 0) is 47.7 Å². The summed E-state index contributed by atoms with van der Waals surface area (Å²) in [5.74, 6) is 1.57. The number of Topliss-reactive ketones (excluding diaryl/α,β-unsaturated/α-hetero) is 1. The fourth-order valence-electron chi connectivity index (χ4n) is 2.03. The molecule has 1 aromatic heterocycles. The molecule has 0 spiro atoms. The molecule has 1 aliphatic carbocycles. The Morgan fingerprint density at radius 2 is 1.72 bits per heavy atom. The average molecular weight is 236 g/mol. The van der Waals surface area contributed by atoms with Crippen molar-refractivity contribution in [1.82, 2.24) is 0 Å². The maximum absolute atomic E-state index is 12.0. The number of hydrogen-bond donors (Lipinski definition) is 0. The zero-order chi connectivity index (χ0) is 12.5. The predicted octanol–water partition coefficient (Wildman–Crippen LogP) is 1.82. The molecule has 2 nitrogen and oxygen atoms in total. The number of fused-ring (bicyclic) bond motifs is 1. The summed E-state index contributed by atoms with van der Waals surface area (Å²) in [6, 6.07) is 11.6. The standard InChI is InChI=1S/C16H12O2/c1-11-6-7-15(18-11)9-14-8-12-4-2-3-5-13(12)10-16(14)17/h2-10H,1H3. The molecule has 3 rings (SSSR count). The van der Waals surface area contributed by atoms with Gasteiger partial charge in [0.15, 0.2) is 5.78 Å². The van der Waals surface area contributed by atoms with E-state index in [1.165, 1.54) is 0 Å². The molecular formula is C16H12O2. The molecule has 0 saturated heterocycles. The number of rotatable bonds is 1. The summed E-state index contributed by atoms with van der Waals surface area (Å²) >= 11 is 0. The van der Waals surface area contributed by atoms with Crippen molar-refractivity contribution in [3.8, 4) is 0 Å².